The van der Waals surface area contributed by atoms with Crippen molar-refractivity contribution in [3.63, 3.8) is 0 Å². The number of likely N-dealkylation sites (N-methyl/N-ethyl adjacent to an activating group) is 1. The maximum atomic E-state index is 11.6. The molecule has 0 saturated heterocycles. The molecule has 0 spiro atoms. The van der Waals surface area contributed by atoms with Gasteiger partial charge in [0.1, 0.15) is 0 Å². The summed E-state index contributed by atoms with van der Waals surface area (Å²) in [6.07, 6.45) is 3.31. The Morgan fingerprint density at radius 2 is 1.95 bits per heavy atom. The van der Waals surface area contributed by atoms with E-state index in [1.165, 1.54) is 4.90 Å². The minimum Gasteiger partial charge on any atom is -0.347 e. The number of benzene rings is 1. The summed E-state index contributed by atoms with van der Waals surface area (Å²) in [5, 5.41) is 12.7. The molecule has 8 heteroatoms. The van der Waals surface area contributed by atoms with Crippen molar-refractivity contribution in [3.8, 4) is 5.69 Å². The highest BCUT2D eigenvalue weighted by Crippen LogP contribution is 2.11. The predicted molar refractivity (Wildman–Crippen MR) is 77.1 cm³/mol. The van der Waals surface area contributed by atoms with Gasteiger partial charge in [0.25, 0.3) is 0 Å². The molecule has 2 rings (SSSR count). The second kappa shape index (κ2) is 6.51. The van der Waals surface area contributed by atoms with E-state index >= 15 is 0 Å². The molecule has 1 aromatic heterocycles. The van der Waals surface area contributed by atoms with Crippen molar-refractivity contribution >= 4 is 17.6 Å². The Hall–Kier alpha value is -2.90. The maximum Gasteiger partial charge on any atom is 0.319 e. The molecule has 1 aromatic carbocycles. The average molecular weight is 288 g/mol. The van der Waals surface area contributed by atoms with Gasteiger partial charge in [0.2, 0.25) is 5.91 Å². The summed E-state index contributed by atoms with van der Waals surface area (Å²) >= 11 is 0. The molecular formula is C13H16N6O2. The minimum absolute atomic E-state index is 0.0458. The maximum absolute atomic E-state index is 11.6. The van der Waals surface area contributed by atoms with Gasteiger partial charge in [-0.05, 0) is 24.3 Å². The summed E-state index contributed by atoms with van der Waals surface area (Å²) in [7, 11) is 3.26. The molecule has 0 radical (unpaired) electrons. The number of nitrogens with zero attached hydrogens (tertiary/aromatic N) is 4. The number of rotatable bonds is 4. The quantitative estimate of drug-likeness (QED) is 0.855. The third-order valence-electron chi connectivity index (χ3n) is 2.71. The van der Waals surface area contributed by atoms with E-state index in [9.17, 15) is 9.59 Å². The van der Waals surface area contributed by atoms with E-state index in [1.807, 2.05) is 0 Å². The number of hydrogen-bond donors (Lipinski definition) is 2. The van der Waals surface area contributed by atoms with Gasteiger partial charge < -0.3 is 15.5 Å². The number of amides is 3. The topological polar surface area (TPSA) is 92.2 Å². The van der Waals surface area contributed by atoms with Crippen LogP contribution in [-0.4, -0.2) is 52.5 Å². The van der Waals surface area contributed by atoms with Crippen LogP contribution in [0.4, 0.5) is 10.5 Å². The zero-order valence-corrected chi connectivity index (χ0v) is 11.8. The molecule has 0 atom stereocenters. The molecule has 0 aliphatic heterocycles. The van der Waals surface area contributed by atoms with Crippen LogP contribution in [0, 0.1) is 0 Å². The van der Waals surface area contributed by atoms with E-state index in [0.29, 0.717) is 5.69 Å². The van der Waals surface area contributed by atoms with Crippen LogP contribution in [0.5, 0.6) is 0 Å². The summed E-state index contributed by atoms with van der Waals surface area (Å²) in [6, 6.07) is 6.65. The van der Waals surface area contributed by atoms with Gasteiger partial charge in [-0.1, -0.05) is 5.21 Å². The molecule has 0 fully saturated rings. The number of aromatic nitrogens is 3. The fraction of sp³-hybridized carbons (Fsp3) is 0.231. The van der Waals surface area contributed by atoms with Gasteiger partial charge in [-0.15, -0.1) is 5.10 Å². The number of carbonyl (C=O) groups excluding carboxylic acids is 2. The Labute approximate surface area is 121 Å². The average Bonchev–Trinajstić information content (AvgIpc) is 2.99. The molecule has 0 aliphatic rings. The standard InChI is InChI=1S/C13H16N6O2/c1-18(2)12(20)9-14-13(21)16-10-3-5-11(6-4-10)19-8-7-15-17-19/h3-8H,9H2,1-2H3,(H2,14,16,21). The Morgan fingerprint density at radius 1 is 1.24 bits per heavy atom. The molecule has 2 aromatic rings. The summed E-state index contributed by atoms with van der Waals surface area (Å²) < 4.78 is 1.61. The van der Waals surface area contributed by atoms with Crippen molar-refractivity contribution in [2.75, 3.05) is 26.0 Å². The molecule has 2 N–H and O–H groups in total. The monoisotopic (exact) mass is 288 g/mol. The van der Waals surface area contributed by atoms with Crippen molar-refractivity contribution in [2.24, 2.45) is 0 Å². The molecule has 0 aliphatic carbocycles. The number of nitrogens with one attached hydrogen (secondary N) is 2. The predicted octanol–water partition coefficient (Wildman–Crippen LogP) is 0.477. The lowest BCUT2D eigenvalue weighted by atomic mass is 10.3. The van der Waals surface area contributed by atoms with E-state index < -0.39 is 6.03 Å². The lowest BCUT2D eigenvalue weighted by Gasteiger charge is -2.11. The van der Waals surface area contributed by atoms with E-state index in [-0.39, 0.29) is 12.5 Å². The molecule has 0 saturated carbocycles. The Morgan fingerprint density at radius 3 is 2.52 bits per heavy atom. The van der Waals surface area contributed by atoms with Crippen LogP contribution in [0.1, 0.15) is 0 Å². The minimum atomic E-state index is -0.432. The number of urea groups is 1. The molecule has 21 heavy (non-hydrogen) atoms. The van der Waals surface area contributed by atoms with E-state index in [0.717, 1.165) is 5.69 Å². The van der Waals surface area contributed by atoms with Crippen LogP contribution in [0.2, 0.25) is 0 Å². The Balaban J connectivity index is 1.88. The molecule has 3 amide bonds. The highest BCUT2D eigenvalue weighted by atomic mass is 16.2. The van der Waals surface area contributed by atoms with Crippen molar-refractivity contribution in [2.45, 2.75) is 0 Å². The van der Waals surface area contributed by atoms with Gasteiger partial charge in [0, 0.05) is 19.8 Å². The lowest BCUT2D eigenvalue weighted by Crippen LogP contribution is -2.38. The van der Waals surface area contributed by atoms with Crippen LogP contribution in [0.25, 0.3) is 5.69 Å². The first-order chi connectivity index (χ1) is 10.1. The highest BCUT2D eigenvalue weighted by molar-refractivity contribution is 5.92. The Bertz CT molecular complexity index is 606. The van der Waals surface area contributed by atoms with Gasteiger partial charge in [-0.3, -0.25) is 4.79 Å². The lowest BCUT2D eigenvalue weighted by molar-refractivity contribution is -0.127. The SMILES string of the molecule is CN(C)C(=O)CNC(=O)Nc1ccc(-n2ccnn2)cc1. The second-order valence-electron chi connectivity index (χ2n) is 4.49. The van der Waals surface area contributed by atoms with Gasteiger partial charge in [-0.25, -0.2) is 9.48 Å². The summed E-state index contributed by atoms with van der Waals surface area (Å²) in [4.78, 5) is 24.4. The van der Waals surface area contributed by atoms with Gasteiger partial charge >= 0.3 is 6.03 Å². The van der Waals surface area contributed by atoms with Crippen molar-refractivity contribution in [3.05, 3.63) is 36.7 Å². The number of anilines is 1. The molecular weight excluding hydrogens is 272 g/mol. The molecule has 1 heterocycles. The van der Waals surface area contributed by atoms with Gasteiger partial charge in [0.05, 0.1) is 24.6 Å². The van der Waals surface area contributed by atoms with Gasteiger partial charge in [0.15, 0.2) is 0 Å². The fourth-order valence-electron chi connectivity index (χ4n) is 1.53. The van der Waals surface area contributed by atoms with Crippen LogP contribution < -0.4 is 10.6 Å². The normalized spacial score (nSPS) is 10.0. The second-order valence-corrected chi connectivity index (χ2v) is 4.49. The first-order valence-electron chi connectivity index (χ1n) is 6.28. The van der Waals surface area contributed by atoms with Crippen molar-refractivity contribution < 1.29 is 9.59 Å². The molecule has 110 valence electrons. The van der Waals surface area contributed by atoms with Crippen LogP contribution in [0.15, 0.2) is 36.7 Å². The smallest absolute Gasteiger partial charge is 0.319 e. The fourth-order valence-corrected chi connectivity index (χ4v) is 1.53. The van der Waals surface area contributed by atoms with Crippen molar-refractivity contribution in [1.82, 2.24) is 25.2 Å². The summed E-state index contributed by atoms with van der Waals surface area (Å²) in [5.74, 6) is -0.174. The molecule has 0 bridgehead atoms. The van der Waals surface area contributed by atoms with E-state index in [4.69, 9.17) is 0 Å². The largest absolute Gasteiger partial charge is 0.347 e. The van der Waals surface area contributed by atoms with Crippen LogP contribution in [0.3, 0.4) is 0 Å². The molecule has 8 nitrogen and oxygen atoms in total. The highest BCUT2D eigenvalue weighted by Gasteiger charge is 2.07. The zero-order chi connectivity index (χ0) is 15.2. The third kappa shape index (κ3) is 4.03. The first-order valence-corrected chi connectivity index (χ1v) is 6.28. The summed E-state index contributed by atoms with van der Waals surface area (Å²) in [6.45, 7) is -0.0458. The van der Waals surface area contributed by atoms with Gasteiger partial charge in [-0.2, -0.15) is 0 Å². The number of carbonyl (C=O) groups is 2. The van der Waals surface area contributed by atoms with Crippen molar-refractivity contribution in [1.29, 1.82) is 0 Å². The molecule has 0 unspecified atom stereocenters. The van der Waals surface area contributed by atoms with Crippen LogP contribution >= 0.6 is 0 Å². The third-order valence-corrected chi connectivity index (χ3v) is 2.71. The zero-order valence-electron chi connectivity index (χ0n) is 11.8. The van der Waals surface area contributed by atoms with Crippen LogP contribution in [-0.2, 0) is 4.79 Å². The Kier molecular flexibility index (Phi) is 4.50. The first kappa shape index (κ1) is 14.5. The van der Waals surface area contributed by atoms with E-state index in [2.05, 4.69) is 20.9 Å². The van der Waals surface area contributed by atoms with E-state index in [1.54, 1.807) is 55.4 Å². The number of hydrogen-bond acceptors (Lipinski definition) is 4. The summed E-state index contributed by atoms with van der Waals surface area (Å²) in [5.41, 5.74) is 1.45.